The Labute approximate surface area is 136 Å². The van der Waals surface area contributed by atoms with Gasteiger partial charge in [0.25, 0.3) is 0 Å². The minimum absolute atomic E-state index is 0.119. The molecule has 1 aromatic heterocycles. The number of aliphatic hydroxyl groups excluding tert-OH is 1. The molecular weight excluding hydrogens is 292 g/mol. The molecule has 1 aromatic carbocycles. The maximum Gasteiger partial charge on any atom is 0.335 e. The van der Waals surface area contributed by atoms with Crippen LogP contribution < -0.4 is 5.73 Å². The van der Waals surface area contributed by atoms with Crippen LogP contribution in [-0.2, 0) is 18.4 Å². The van der Waals surface area contributed by atoms with Gasteiger partial charge in [-0.25, -0.2) is 4.79 Å². The van der Waals surface area contributed by atoms with E-state index in [9.17, 15) is 9.90 Å². The topological polar surface area (TPSA) is 88.5 Å². The van der Waals surface area contributed by atoms with Gasteiger partial charge in [0.15, 0.2) is 0 Å². The van der Waals surface area contributed by atoms with E-state index in [1.165, 1.54) is 0 Å². The normalized spacial score (nSPS) is 12.0. The Kier molecular flexibility index (Phi) is 5.12. The number of hydrogen-bond donors (Lipinski definition) is 3. The number of carboxylic acids is 1. The lowest BCUT2D eigenvalue weighted by molar-refractivity contribution is 0.0697. The summed E-state index contributed by atoms with van der Waals surface area (Å²) in [6, 6.07) is 3.51. The second kappa shape index (κ2) is 6.72. The van der Waals surface area contributed by atoms with Gasteiger partial charge in [0, 0.05) is 31.3 Å². The van der Waals surface area contributed by atoms with Crippen LogP contribution in [-0.4, -0.2) is 33.9 Å². The average Bonchev–Trinajstić information content (AvgIpc) is 2.81. The standard InChI is InChI=1S/C18H26N2O3/c1-18(2,3)15-10-13(17(22)23)9-14-12(5-4-8-21)11-20(7-6-19)16(14)15/h9-11,21H,4-8,19H2,1-3H3,(H,22,23). The third-order valence-corrected chi connectivity index (χ3v) is 4.08. The number of aryl methyl sites for hydroxylation is 1. The Balaban J connectivity index is 2.79. The van der Waals surface area contributed by atoms with Crippen LogP contribution in [0.5, 0.6) is 0 Å². The van der Waals surface area contributed by atoms with Crippen LogP contribution in [0.2, 0.25) is 0 Å². The zero-order chi connectivity index (χ0) is 17.2. The summed E-state index contributed by atoms with van der Waals surface area (Å²) in [6.45, 7) is 7.58. The molecule has 2 aromatic rings. The van der Waals surface area contributed by atoms with E-state index in [0.29, 0.717) is 25.1 Å². The van der Waals surface area contributed by atoms with Crippen molar-refractivity contribution < 1.29 is 15.0 Å². The minimum atomic E-state index is -0.919. The number of aromatic nitrogens is 1. The lowest BCUT2D eigenvalue weighted by Crippen LogP contribution is -2.16. The predicted molar refractivity (Wildman–Crippen MR) is 92.1 cm³/mol. The summed E-state index contributed by atoms with van der Waals surface area (Å²) in [5.41, 5.74) is 9.00. The molecule has 23 heavy (non-hydrogen) atoms. The second-order valence-corrected chi connectivity index (χ2v) is 6.94. The number of rotatable bonds is 6. The van der Waals surface area contributed by atoms with Gasteiger partial charge in [-0.05, 0) is 41.5 Å². The van der Waals surface area contributed by atoms with Gasteiger partial charge in [0.2, 0.25) is 0 Å². The lowest BCUT2D eigenvalue weighted by Gasteiger charge is -2.22. The number of carboxylic acid groups (broad SMARTS) is 1. The molecule has 2 rings (SSSR count). The van der Waals surface area contributed by atoms with Gasteiger partial charge in [0.1, 0.15) is 0 Å². The van der Waals surface area contributed by atoms with Gasteiger partial charge in [-0.1, -0.05) is 20.8 Å². The van der Waals surface area contributed by atoms with Crippen LogP contribution in [0.4, 0.5) is 0 Å². The smallest absolute Gasteiger partial charge is 0.335 e. The summed E-state index contributed by atoms with van der Waals surface area (Å²) >= 11 is 0. The van der Waals surface area contributed by atoms with Crippen LogP contribution in [0.1, 0.15) is 48.7 Å². The predicted octanol–water partition coefficient (Wildman–Crippen LogP) is 2.52. The Bertz CT molecular complexity index is 711. The minimum Gasteiger partial charge on any atom is -0.478 e. The van der Waals surface area contributed by atoms with Crippen molar-refractivity contribution in [3.05, 3.63) is 35.0 Å². The second-order valence-electron chi connectivity index (χ2n) is 6.94. The van der Waals surface area contributed by atoms with Crippen LogP contribution in [0.15, 0.2) is 18.3 Å². The van der Waals surface area contributed by atoms with Gasteiger partial charge in [-0.2, -0.15) is 0 Å². The molecular formula is C18H26N2O3. The monoisotopic (exact) mass is 318 g/mol. The van der Waals surface area contributed by atoms with Crippen molar-refractivity contribution in [1.29, 1.82) is 0 Å². The maximum atomic E-state index is 11.5. The summed E-state index contributed by atoms with van der Waals surface area (Å²) < 4.78 is 2.12. The molecule has 0 saturated carbocycles. The summed E-state index contributed by atoms with van der Waals surface area (Å²) in [5.74, 6) is -0.919. The van der Waals surface area contributed by atoms with Gasteiger partial charge in [0.05, 0.1) is 11.1 Å². The Morgan fingerprint density at radius 1 is 1.30 bits per heavy atom. The van der Waals surface area contributed by atoms with E-state index in [1.807, 2.05) is 6.20 Å². The summed E-state index contributed by atoms with van der Waals surface area (Å²) in [6.07, 6.45) is 3.43. The molecule has 0 amide bonds. The third kappa shape index (κ3) is 3.57. The highest BCUT2D eigenvalue weighted by Gasteiger charge is 2.23. The van der Waals surface area contributed by atoms with Crippen molar-refractivity contribution in [2.75, 3.05) is 13.2 Å². The zero-order valence-electron chi connectivity index (χ0n) is 14.1. The number of fused-ring (bicyclic) bond motifs is 1. The fourth-order valence-corrected chi connectivity index (χ4v) is 2.99. The third-order valence-electron chi connectivity index (χ3n) is 4.08. The highest BCUT2D eigenvalue weighted by Crippen LogP contribution is 2.34. The van der Waals surface area contributed by atoms with E-state index < -0.39 is 5.97 Å². The van der Waals surface area contributed by atoms with E-state index in [0.717, 1.165) is 28.5 Å². The van der Waals surface area contributed by atoms with E-state index in [2.05, 4.69) is 25.3 Å². The van der Waals surface area contributed by atoms with Crippen LogP contribution in [0.25, 0.3) is 10.9 Å². The number of benzene rings is 1. The number of aliphatic hydroxyl groups is 1. The van der Waals surface area contributed by atoms with Gasteiger partial charge in [-0.3, -0.25) is 0 Å². The first-order chi connectivity index (χ1) is 10.8. The lowest BCUT2D eigenvalue weighted by atomic mass is 9.84. The number of carbonyl (C=O) groups is 1. The first-order valence-electron chi connectivity index (χ1n) is 8.00. The van der Waals surface area contributed by atoms with Gasteiger partial charge >= 0.3 is 5.97 Å². The van der Waals surface area contributed by atoms with Crippen LogP contribution in [0, 0.1) is 0 Å². The van der Waals surface area contributed by atoms with Gasteiger partial charge in [-0.15, -0.1) is 0 Å². The Hall–Kier alpha value is -1.85. The number of hydrogen-bond acceptors (Lipinski definition) is 3. The summed E-state index contributed by atoms with van der Waals surface area (Å²) in [5, 5.41) is 19.5. The molecule has 5 nitrogen and oxygen atoms in total. The fraction of sp³-hybridized carbons (Fsp3) is 0.500. The molecule has 0 bridgehead atoms. The molecule has 0 saturated heterocycles. The quantitative estimate of drug-likeness (QED) is 0.763. The van der Waals surface area contributed by atoms with Crippen molar-refractivity contribution >= 4 is 16.9 Å². The first kappa shape index (κ1) is 17.5. The fourth-order valence-electron chi connectivity index (χ4n) is 2.99. The SMILES string of the molecule is CC(C)(C)c1cc(C(=O)O)cc2c(CCCO)cn(CCN)c12. The van der Waals surface area contributed by atoms with Crippen molar-refractivity contribution in [2.45, 2.75) is 45.6 Å². The van der Waals surface area contributed by atoms with Crippen LogP contribution >= 0.6 is 0 Å². The van der Waals surface area contributed by atoms with E-state index in [1.54, 1.807) is 12.1 Å². The number of aromatic carboxylic acids is 1. The van der Waals surface area contributed by atoms with E-state index in [-0.39, 0.29) is 12.0 Å². The van der Waals surface area contributed by atoms with Crippen molar-refractivity contribution in [3.8, 4) is 0 Å². The average molecular weight is 318 g/mol. The Morgan fingerprint density at radius 2 is 2.00 bits per heavy atom. The molecule has 126 valence electrons. The first-order valence-corrected chi connectivity index (χ1v) is 8.00. The summed E-state index contributed by atoms with van der Waals surface area (Å²) in [7, 11) is 0. The molecule has 0 aliphatic rings. The molecule has 1 heterocycles. The number of nitrogens with zero attached hydrogens (tertiary/aromatic N) is 1. The molecule has 0 atom stereocenters. The molecule has 0 aliphatic heterocycles. The molecule has 0 aliphatic carbocycles. The Morgan fingerprint density at radius 3 is 2.52 bits per heavy atom. The van der Waals surface area contributed by atoms with E-state index >= 15 is 0 Å². The zero-order valence-corrected chi connectivity index (χ0v) is 14.1. The van der Waals surface area contributed by atoms with E-state index in [4.69, 9.17) is 10.8 Å². The molecule has 0 radical (unpaired) electrons. The maximum absolute atomic E-state index is 11.5. The van der Waals surface area contributed by atoms with Crippen LogP contribution in [0.3, 0.4) is 0 Å². The summed E-state index contributed by atoms with van der Waals surface area (Å²) in [4.78, 5) is 11.5. The van der Waals surface area contributed by atoms with Crippen molar-refractivity contribution in [3.63, 3.8) is 0 Å². The molecule has 4 N–H and O–H groups in total. The molecule has 0 fully saturated rings. The van der Waals surface area contributed by atoms with Crippen molar-refractivity contribution in [2.24, 2.45) is 5.73 Å². The van der Waals surface area contributed by atoms with Gasteiger partial charge < -0.3 is 20.5 Å². The number of nitrogens with two attached hydrogens (primary N) is 1. The largest absolute Gasteiger partial charge is 0.478 e. The van der Waals surface area contributed by atoms with Crippen molar-refractivity contribution in [1.82, 2.24) is 4.57 Å². The molecule has 0 unspecified atom stereocenters. The molecule has 5 heteroatoms. The highest BCUT2D eigenvalue weighted by atomic mass is 16.4. The molecule has 0 spiro atoms. The highest BCUT2D eigenvalue weighted by molar-refractivity contribution is 5.97.